The van der Waals surface area contributed by atoms with Crippen molar-refractivity contribution in [2.45, 2.75) is 31.7 Å². The maximum absolute atomic E-state index is 3.55. The van der Waals surface area contributed by atoms with Crippen molar-refractivity contribution in [2.24, 2.45) is 5.92 Å². The van der Waals surface area contributed by atoms with E-state index in [0.717, 1.165) is 5.92 Å². The third-order valence-corrected chi connectivity index (χ3v) is 5.01. The van der Waals surface area contributed by atoms with Crippen LogP contribution in [-0.2, 0) is 0 Å². The normalized spacial score (nSPS) is 18.9. The second-order valence-corrected chi connectivity index (χ2v) is 5.91. The first-order chi connectivity index (χ1) is 8.40. The van der Waals surface area contributed by atoms with Crippen LogP contribution in [0.15, 0.2) is 29.6 Å². The van der Waals surface area contributed by atoms with Crippen LogP contribution in [0.1, 0.15) is 37.3 Å². The number of thiophene rings is 1. The van der Waals surface area contributed by atoms with Crippen molar-refractivity contribution in [3.63, 3.8) is 0 Å². The molecule has 17 heavy (non-hydrogen) atoms. The summed E-state index contributed by atoms with van der Waals surface area (Å²) in [6, 6.07) is 9.49. The predicted molar refractivity (Wildman–Crippen MR) is 75.6 cm³/mol. The highest BCUT2D eigenvalue weighted by atomic mass is 32.1. The highest BCUT2D eigenvalue weighted by Crippen LogP contribution is 2.39. The van der Waals surface area contributed by atoms with Gasteiger partial charge in [-0.25, -0.2) is 0 Å². The van der Waals surface area contributed by atoms with E-state index in [4.69, 9.17) is 0 Å². The first kappa shape index (κ1) is 11.2. The molecule has 0 amide bonds. The molecule has 1 fully saturated rings. The summed E-state index contributed by atoms with van der Waals surface area (Å²) in [5.74, 6) is 0.827. The molecule has 1 nitrogen and oxygen atoms in total. The molecule has 0 spiro atoms. The minimum Gasteiger partial charge on any atom is -0.313 e. The molecule has 1 heterocycles. The van der Waals surface area contributed by atoms with Gasteiger partial charge in [0.05, 0.1) is 0 Å². The Labute approximate surface area is 107 Å². The van der Waals surface area contributed by atoms with Gasteiger partial charge in [0.2, 0.25) is 0 Å². The van der Waals surface area contributed by atoms with Gasteiger partial charge in [-0.15, -0.1) is 11.3 Å². The lowest BCUT2D eigenvalue weighted by molar-refractivity contribution is 0.393. The minimum atomic E-state index is 0.542. The Morgan fingerprint density at radius 2 is 2.06 bits per heavy atom. The molecule has 1 unspecified atom stereocenters. The van der Waals surface area contributed by atoms with Gasteiger partial charge in [-0.1, -0.05) is 31.0 Å². The maximum atomic E-state index is 3.55. The molecule has 1 saturated carbocycles. The molecular formula is C15H19NS. The molecule has 1 N–H and O–H groups in total. The predicted octanol–water partition coefficient (Wildman–Crippen LogP) is 4.35. The Morgan fingerprint density at radius 3 is 2.82 bits per heavy atom. The van der Waals surface area contributed by atoms with Crippen molar-refractivity contribution < 1.29 is 0 Å². The number of benzene rings is 1. The minimum absolute atomic E-state index is 0.542. The summed E-state index contributed by atoms with van der Waals surface area (Å²) >= 11 is 1.88. The summed E-state index contributed by atoms with van der Waals surface area (Å²) < 4.78 is 1.47. The van der Waals surface area contributed by atoms with Crippen LogP contribution in [0.2, 0.25) is 0 Å². The number of nitrogens with one attached hydrogen (secondary N) is 1. The molecule has 2 aromatic rings. The van der Waals surface area contributed by atoms with Gasteiger partial charge in [-0.05, 0) is 48.2 Å². The molecular weight excluding hydrogens is 226 g/mol. The van der Waals surface area contributed by atoms with Crippen molar-refractivity contribution in [3.05, 3.63) is 35.2 Å². The van der Waals surface area contributed by atoms with Crippen LogP contribution in [0.4, 0.5) is 0 Å². The quantitative estimate of drug-likeness (QED) is 0.847. The van der Waals surface area contributed by atoms with Crippen LogP contribution in [0.25, 0.3) is 10.1 Å². The van der Waals surface area contributed by atoms with Crippen molar-refractivity contribution in [1.82, 2.24) is 5.32 Å². The van der Waals surface area contributed by atoms with E-state index in [-0.39, 0.29) is 0 Å². The van der Waals surface area contributed by atoms with Crippen molar-refractivity contribution in [3.8, 4) is 0 Å². The van der Waals surface area contributed by atoms with Crippen LogP contribution in [0.5, 0.6) is 0 Å². The Bertz CT molecular complexity index is 496. The second-order valence-electron chi connectivity index (χ2n) is 5.00. The molecule has 1 aromatic carbocycles. The van der Waals surface area contributed by atoms with Crippen LogP contribution in [0.3, 0.4) is 0 Å². The zero-order valence-corrected chi connectivity index (χ0v) is 11.1. The van der Waals surface area contributed by atoms with Gasteiger partial charge in [0.15, 0.2) is 0 Å². The Balaban J connectivity index is 2.02. The van der Waals surface area contributed by atoms with E-state index in [0.29, 0.717) is 6.04 Å². The highest BCUT2D eigenvalue weighted by Gasteiger charge is 2.26. The average molecular weight is 245 g/mol. The summed E-state index contributed by atoms with van der Waals surface area (Å²) in [7, 11) is 2.11. The fourth-order valence-corrected chi connectivity index (χ4v) is 4.15. The highest BCUT2D eigenvalue weighted by molar-refractivity contribution is 7.17. The van der Waals surface area contributed by atoms with Crippen LogP contribution in [0, 0.1) is 5.92 Å². The Morgan fingerprint density at radius 1 is 1.24 bits per heavy atom. The van der Waals surface area contributed by atoms with Gasteiger partial charge in [0, 0.05) is 10.7 Å². The fourth-order valence-electron chi connectivity index (χ4n) is 3.20. The number of rotatable bonds is 3. The fraction of sp³-hybridized carbons (Fsp3) is 0.467. The molecule has 0 saturated heterocycles. The third kappa shape index (κ3) is 2.00. The Kier molecular flexibility index (Phi) is 3.17. The lowest BCUT2D eigenvalue weighted by Gasteiger charge is -2.24. The van der Waals surface area contributed by atoms with Crippen molar-refractivity contribution in [1.29, 1.82) is 0 Å². The first-order valence-corrected chi connectivity index (χ1v) is 7.41. The van der Waals surface area contributed by atoms with Crippen molar-refractivity contribution >= 4 is 21.4 Å². The molecule has 0 aliphatic heterocycles. The van der Waals surface area contributed by atoms with Gasteiger partial charge in [0.25, 0.3) is 0 Å². The van der Waals surface area contributed by atoms with E-state index in [2.05, 4.69) is 42.0 Å². The van der Waals surface area contributed by atoms with E-state index in [1.165, 1.54) is 41.3 Å². The first-order valence-electron chi connectivity index (χ1n) is 6.53. The summed E-state index contributed by atoms with van der Waals surface area (Å²) in [5, 5.41) is 7.15. The second kappa shape index (κ2) is 4.79. The summed E-state index contributed by atoms with van der Waals surface area (Å²) in [6.07, 6.45) is 5.58. The van der Waals surface area contributed by atoms with E-state index in [9.17, 15) is 0 Å². The van der Waals surface area contributed by atoms with E-state index in [1.54, 1.807) is 0 Å². The van der Waals surface area contributed by atoms with Gasteiger partial charge >= 0.3 is 0 Å². The standard InChI is InChI=1S/C15H19NS/c1-16-14(11-5-2-3-6-11)13-8-4-7-12-9-10-17-15(12)13/h4,7-11,14,16H,2-3,5-6H2,1H3. The molecule has 3 rings (SSSR count). The van der Waals surface area contributed by atoms with E-state index >= 15 is 0 Å². The van der Waals surface area contributed by atoms with Gasteiger partial charge in [0.1, 0.15) is 0 Å². The topological polar surface area (TPSA) is 12.0 Å². The zero-order valence-electron chi connectivity index (χ0n) is 10.3. The van der Waals surface area contributed by atoms with E-state index < -0.39 is 0 Å². The van der Waals surface area contributed by atoms with Gasteiger partial charge < -0.3 is 5.32 Å². The number of hydrogen-bond donors (Lipinski definition) is 1. The van der Waals surface area contributed by atoms with E-state index in [1.807, 2.05) is 11.3 Å². The third-order valence-electron chi connectivity index (χ3n) is 4.03. The summed E-state index contributed by atoms with van der Waals surface area (Å²) in [4.78, 5) is 0. The molecule has 1 atom stereocenters. The zero-order chi connectivity index (χ0) is 11.7. The van der Waals surface area contributed by atoms with Crippen LogP contribution < -0.4 is 5.32 Å². The van der Waals surface area contributed by atoms with Crippen LogP contribution in [-0.4, -0.2) is 7.05 Å². The smallest absolute Gasteiger partial charge is 0.0390 e. The largest absolute Gasteiger partial charge is 0.313 e. The van der Waals surface area contributed by atoms with Gasteiger partial charge in [-0.2, -0.15) is 0 Å². The molecule has 1 aromatic heterocycles. The lowest BCUT2D eigenvalue weighted by atomic mass is 9.91. The SMILES string of the molecule is CNC(c1cccc2ccsc12)C1CCCC1. The molecule has 1 aliphatic carbocycles. The number of hydrogen-bond acceptors (Lipinski definition) is 2. The molecule has 0 radical (unpaired) electrons. The monoisotopic (exact) mass is 245 g/mol. The molecule has 2 heteroatoms. The molecule has 1 aliphatic rings. The molecule has 90 valence electrons. The average Bonchev–Trinajstić information content (AvgIpc) is 3.00. The summed E-state index contributed by atoms with van der Waals surface area (Å²) in [5.41, 5.74) is 1.51. The number of fused-ring (bicyclic) bond motifs is 1. The molecule has 0 bridgehead atoms. The van der Waals surface area contributed by atoms with Crippen LogP contribution >= 0.6 is 11.3 Å². The Hall–Kier alpha value is -0.860. The lowest BCUT2D eigenvalue weighted by Crippen LogP contribution is -2.23. The summed E-state index contributed by atoms with van der Waals surface area (Å²) in [6.45, 7) is 0. The maximum Gasteiger partial charge on any atom is 0.0390 e. The van der Waals surface area contributed by atoms with Gasteiger partial charge in [-0.3, -0.25) is 0 Å². The van der Waals surface area contributed by atoms with Crippen molar-refractivity contribution in [2.75, 3.05) is 7.05 Å².